The number of anilines is 1. The normalized spacial score (nSPS) is 10.6. The van der Waals surface area contributed by atoms with Crippen LogP contribution in [0.4, 0.5) is 6.01 Å². The lowest BCUT2D eigenvalue weighted by Crippen LogP contribution is -2.20. The summed E-state index contributed by atoms with van der Waals surface area (Å²) in [6.45, 7) is 0.852. The lowest BCUT2D eigenvalue weighted by atomic mass is 10.3. The minimum atomic E-state index is 0.256. The molecule has 86 valence electrons. The third kappa shape index (κ3) is 2.74. The van der Waals surface area contributed by atoms with Crippen molar-refractivity contribution in [3.8, 4) is 0 Å². The Kier molecular flexibility index (Phi) is 3.79. The van der Waals surface area contributed by atoms with Crippen LogP contribution < -0.4 is 4.90 Å². The minimum absolute atomic E-state index is 0.256. The molecule has 0 saturated heterocycles. The summed E-state index contributed by atoms with van der Waals surface area (Å²) in [5.74, 6) is 0.714. The van der Waals surface area contributed by atoms with Crippen molar-refractivity contribution in [2.45, 2.75) is 12.3 Å². The van der Waals surface area contributed by atoms with E-state index in [0.29, 0.717) is 11.9 Å². The summed E-state index contributed by atoms with van der Waals surface area (Å²) < 4.78 is 5.34. The van der Waals surface area contributed by atoms with Crippen molar-refractivity contribution in [3.05, 3.63) is 28.3 Å². The molecule has 0 radical (unpaired) electrons. The van der Waals surface area contributed by atoms with Gasteiger partial charge in [0.1, 0.15) is 5.88 Å². The number of thiophene rings is 1. The van der Waals surface area contributed by atoms with Crippen LogP contribution in [0.2, 0.25) is 0 Å². The molecule has 0 bridgehead atoms. The Bertz CT molecular complexity index is 429. The summed E-state index contributed by atoms with van der Waals surface area (Å²) in [6.07, 6.45) is 0.979. The summed E-state index contributed by atoms with van der Waals surface area (Å²) >= 11 is 7.35. The molecule has 0 aliphatic carbocycles. The van der Waals surface area contributed by atoms with Crippen molar-refractivity contribution in [2.75, 3.05) is 18.5 Å². The van der Waals surface area contributed by atoms with Crippen molar-refractivity contribution in [1.82, 2.24) is 10.2 Å². The van der Waals surface area contributed by atoms with E-state index in [1.54, 1.807) is 11.3 Å². The zero-order valence-electron chi connectivity index (χ0n) is 8.89. The molecule has 2 rings (SSSR count). The first-order valence-electron chi connectivity index (χ1n) is 4.91. The average Bonchev–Trinajstić information content (AvgIpc) is 2.96. The summed E-state index contributed by atoms with van der Waals surface area (Å²) in [5.41, 5.74) is 0. The number of alkyl halides is 1. The van der Waals surface area contributed by atoms with Gasteiger partial charge in [0.15, 0.2) is 0 Å². The van der Waals surface area contributed by atoms with E-state index in [4.69, 9.17) is 16.0 Å². The molecule has 0 aliphatic rings. The largest absolute Gasteiger partial charge is 0.407 e. The summed E-state index contributed by atoms with van der Waals surface area (Å²) in [5, 5.41) is 9.81. The topological polar surface area (TPSA) is 42.2 Å². The Morgan fingerprint density at radius 2 is 2.38 bits per heavy atom. The Morgan fingerprint density at radius 1 is 1.50 bits per heavy atom. The van der Waals surface area contributed by atoms with Crippen LogP contribution in [-0.4, -0.2) is 23.8 Å². The molecule has 0 aromatic carbocycles. The van der Waals surface area contributed by atoms with E-state index in [-0.39, 0.29) is 5.88 Å². The maximum atomic E-state index is 5.59. The predicted molar refractivity (Wildman–Crippen MR) is 65.1 cm³/mol. The van der Waals surface area contributed by atoms with E-state index in [1.807, 2.05) is 11.9 Å². The van der Waals surface area contributed by atoms with Crippen molar-refractivity contribution in [1.29, 1.82) is 0 Å². The van der Waals surface area contributed by atoms with Gasteiger partial charge in [-0.1, -0.05) is 11.2 Å². The number of nitrogens with zero attached hydrogens (tertiary/aromatic N) is 3. The van der Waals surface area contributed by atoms with Crippen LogP contribution in [0.15, 0.2) is 21.9 Å². The zero-order chi connectivity index (χ0) is 11.4. The van der Waals surface area contributed by atoms with E-state index in [0.717, 1.165) is 13.0 Å². The van der Waals surface area contributed by atoms with Crippen LogP contribution in [0.5, 0.6) is 0 Å². The van der Waals surface area contributed by atoms with Crippen molar-refractivity contribution in [2.24, 2.45) is 0 Å². The van der Waals surface area contributed by atoms with Crippen LogP contribution >= 0.6 is 22.9 Å². The van der Waals surface area contributed by atoms with Gasteiger partial charge in [0.25, 0.3) is 0 Å². The highest BCUT2D eigenvalue weighted by atomic mass is 35.5. The van der Waals surface area contributed by atoms with Crippen molar-refractivity contribution in [3.63, 3.8) is 0 Å². The monoisotopic (exact) mass is 257 g/mol. The highest BCUT2D eigenvalue weighted by Crippen LogP contribution is 2.14. The average molecular weight is 258 g/mol. The predicted octanol–water partition coefficient (Wildman–Crippen LogP) is 2.55. The summed E-state index contributed by atoms with van der Waals surface area (Å²) in [6, 6.07) is 4.70. The molecule has 0 atom stereocenters. The molecule has 0 unspecified atom stereocenters. The Balaban J connectivity index is 1.90. The van der Waals surface area contributed by atoms with Crippen LogP contribution in [0.3, 0.4) is 0 Å². The van der Waals surface area contributed by atoms with Gasteiger partial charge >= 0.3 is 6.01 Å². The van der Waals surface area contributed by atoms with Gasteiger partial charge < -0.3 is 9.32 Å². The third-order valence-electron chi connectivity index (χ3n) is 2.17. The van der Waals surface area contributed by atoms with E-state index in [1.165, 1.54) is 4.88 Å². The molecular formula is C10H12ClN3OS. The number of rotatable bonds is 5. The first kappa shape index (κ1) is 11.4. The molecular weight excluding hydrogens is 246 g/mol. The molecule has 0 fully saturated rings. The fourth-order valence-electron chi connectivity index (χ4n) is 1.28. The van der Waals surface area contributed by atoms with Gasteiger partial charge in [-0.15, -0.1) is 28.0 Å². The minimum Gasteiger partial charge on any atom is -0.407 e. The van der Waals surface area contributed by atoms with Gasteiger partial charge in [0.05, 0.1) is 0 Å². The zero-order valence-corrected chi connectivity index (χ0v) is 10.5. The van der Waals surface area contributed by atoms with Gasteiger partial charge in [-0.05, 0) is 17.9 Å². The Morgan fingerprint density at radius 3 is 3.00 bits per heavy atom. The van der Waals surface area contributed by atoms with E-state index < -0.39 is 0 Å². The first-order valence-corrected chi connectivity index (χ1v) is 6.33. The molecule has 2 aromatic rings. The van der Waals surface area contributed by atoms with E-state index in [9.17, 15) is 0 Å². The maximum absolute atomic E-state index is 5.59. The van der Waals surface area contributed by atoms with E-state index >= 15 is 0 Å². The third-order valence-corrected chi connectivity index (χ3v) is 3.34. The van der Waals surface area contributed by atoms with Crippen LogP contribution in [0, 0.1) is 0 Å². The van der Waals surface area contributed by atoms with Crippen molar-refractivity contribution < 1.29 is 4.42 Å². The maximum Gasteiger partial charge on any atom is 0.317 e. The van der Waals surface area contributed by atoms with Gasteiger partial charge in [-0.3, -0.25) is 0 Å². The van der Waals surface area contributed by atoms with Crippen LogP contribution in [-0.2, 0) is 12.3 Å². The molecule has 0 aliphatic heterocycles. The smallest absolute Gasteiger partial charge is 0.317 e. The Labute approximate surface area is 103 Å². The molecule has 0 N–H and O–H groups in total. The lowest BCUT2D eigenvalue weighted by Gasteiger charge is -2.12. The fourth-order valence-corrected chi connectivity index (χ4v) is 2.09. The van der Waals surface area contributed by atoms with Gasteiger partial charge in [-0.25, -0.2) is 0 Å². The second kappa shape index (κ2) is 5.32. The highest BCUT2D eigenvalue weighted by molar-refractivity contribution is 7.09. The van der Waals surface area contributed by atoms with Crippen LogP contribution in [0.1, 0.15) is 10.8 Å². The van der Waals surface area contributed by atoms with Crippen LogP contribution in [0.25, 0.3) is 0 Å². The second-order valence-corrected chi connectivity index (χ2v) is 4.66. The van der Waals surface area contributed by atoms with E-state index in [2.05, 4.69) is 27.7 Å². The molecule has 0 saturated carbocycles. The van der Waals surface area contributed by atoms with Gasteiger partial charge in [0, 0.05) is 18.5 Å². The standard InChI is InChI=1S/C10H12ClN3OS/c1-14(5-4-8-3-2-6-16-8)10-13-12-9(7-11)15-10/h2-3,6H,4-5,7H2,1H3. The molecule has 2 aromatic heterocycles. The number of hydrogen-bond acceptors (Lipinski definition) is 5. The number of likely N-dealkylation sites (N-methyl/N-ethyl adjacent to an activating group) is 1. The number of hydrogen-bond donors (Lipinski definition) is 0. The molecule has 0 spiro atoms. The molecule has 0 amide bonds. The highest BCUT2D eigenvalue weighted by Gasteiger charge is 2.09. The number of halogens is 1. The second-order valence-electron chi connectivity index (χ2n) is 3.36. The van der Waals surface area contributed by atoms with Crippen molar-refractivity contribution >= 4 is 29.0 Å². The number of aromatic nitrogens is 2. The molecule has 6 heteroatoms. The summed E-state index contributed by atoms with van der Waals surface area (Å²) in [7, 11) is 1.93. The molecule has 4 nitrogen and oxygen atoms in total. The quantitative estimate of drug-likeness (QED) is 0.772. The van der Waals surface area contributed by atoms with Gasteiger partial charge in [0.2, 0.25) is 5.89 Å². The van der Waals surface area contributed by atoms with Gasteiger partial charge in [-0.2, -0.15) is 0 Å². The Hall–Kier alpha value is -1.07. The summed E-state index contributed by atoms with van der Waals surface area (Å²) in [4.78, 5) is 3.28. The molecule has 2 heterocycles. The first-order chi connectivity index (χ1) is 7.79. The fraction of sp³-hybridized carbons (Fsp3) is 0.400. The SMILES string of the molecule is CN(CCc1cccs1)c1nnc(CCl)o1. The molecule has 16 heavy (non-hydrogen) atoms. The lowest BCUT2D eigenvalue weighted by molar-refractivity contribution is 0.507.